The average molecular weight is 505 g/mol. The van der Waals surface area contributed by atoms with Gasteiger partial charge in [0.05, 0.1) is 17.9 Å². The van der Waals surface area contributed by atoms with Crippen LogP contribution >= 0.6 is 0 Å². The van der Waals surface area contributed by atoms with E-state index in [0.29, 0.717) is 23.9 Å². The normalized spacial score (nSPS) is 19.4. The maximum absolute atomic E-state index is 13.9. The van der Waals surface area contributed by atoms with Crippen LogP contribution < -0.4 is 20.4 Å². The summed E-state index contributed by atoms with van der Waals surface area (Å²) in [7, 11) is 1.83. The van der Waals surface area contributed by atoms with Crippen molar-refractivity contribution in [1.29, 1.82) is 0 Å². The van der Waals surface area contributed by atoms with Gasteiger partial charge in [0.15, 0.2) is 0 Å². The van der Waals surface area contributed by atoms with E-state index in [2.05, 4.69) is 27.3 Å². The van der Waals surface area contributed by atoms with Gasteiger partial charge in [-0.25, -0.2) is 14.2 Å². The number of amides is 3. The predicted octanol–water partition coefficient (Wildman–Crippen LogP) is 3.96. The molecule has 3 heterocycles. The van der Waals surface area contributed by atoms with Crippen LogP contribution in [0.2, 0.25) is 0 Å². The quantitative estimate of drug-likeness (QED) is 0.492. The Kier molecular flexibility index (Phi) is 6.60. The number of hydrogen-bond acceptors (Lipinski definition) is 6. The summed E-state index contributed by atoms with van der Waals surface area (Å²) >= 11 is 0. The predicted molar refractivity (Wildman–Crippen MR) is 138 cm³/mol. The van der Waals surface area contributed by atoms with E-state index in [1.54, 1.807) is 32.8 Å². The zero-order valence-corrected chi connectivity index (χ0v) is 20.8. The van der Waals surface area contributed by atoms with Crippen LogP contribution in [0.4, 0.5) is 32.3 Å². The molecule has 192 valence electrons. The third kappa shape index (κ3) is 5.02. The molecule has 0 saturated heterocycles. The van der Waals surface area contributed by atoms with Gasteiger partial charge >= 0.3 is 6.03 Å². The van der Waals surface area contributed by atoms with Gasteiger partial charge < -0.3 is 10.6 Å². The molecule has 37 heavy (non-hydrogen) atoms. The summed E-state index contributed by atoms with van der Waals surface area (Å²) in [6, 6.07) is 5.33. The summed E-state index contributed by atoms with van der Waals surface area (Å²) < 4.78 is 15.3. The molecular weight excluding hydrogens is 475 g/mol. The van der Waals surface area contributed by atoms with Crippen molar-refractivity contribution < 1.29 is 14.0 Å². The number of carbonyl (C=O) groups excluding carboxylic acids is 2. The first-order valence-electron chi connectivity index (χ1n) is 12.2. The Morgan fingerprint density at radius 1 is 1.24 bits per heavy atom. The van der Waals surface area contributed by atoms with Crippen LogP contribution in [0.25, 0.3) is 0 Å². The van der Waals surface area contributed by atoms with Crippen molar-refractivity contribution in [2.75, 3.05) is 15.1 Å². The van der Waals surface area contributed by atoms with Gasteiger partial charge in [0.2, 0.25) is 11.9 Å². The van der Waals surface area contributed by atoms with Crippen molar-refractivity contribution in [1.82, 2.24) is 25.1 Å². The standard InChI is InChI=1S/C26H29FN8O2/c1-4-23(36)29-19-6-5-7-21(12-19)35-24-17(14-34(26(35)37)20-10-8-18(27)9-11-20)13-28-25(31-24)30-22-15-33(3)32-16(22)2/h4,8-11,13,15,19,21H,1,5-7,12,14H2,2-3H3,(H,29,36)(H,28,30,31). The van der Waals surface area contributed by atoms with E-state index in [4.69, 9.17) is 4.98 Å². The Bertz CT molecular complexity index is 1340. The molecular formula is C26H29FN8O2. The summed E-state index contributed by atoms with van der Waals surface area (Å²) in [4.78, 5) is 38.5. The topological polar surface area (TPSA) is 108 Å². The molecule has 1 aromatic carbocycles. The maximum Gasteiger partial charge on any atom is 0.330 e. The number of aryl methyl sites for hydroxylation is 2. The highest BCUT2D eigenvalue weighted by atomic mass is 19.1. The van der Waals surface area contributed by atoms with Crippen molar-refractivity contribution in [2.24, 2.45) is 7.05 Å². The highest BCUT2D eigenvalue weighted by Gasteiger charge is 2.39. The summed E-state index contributed by atoms with van der Waals surface area (Å²) in [5.74, 6) is 0.284. The van der Waals surface area contributed by atoms with Crippen molar-refractivity contribution in [3.8, 4) is 0 Å². The lowest BCUT2D eigenvalue weighted by molar-refractivity contribution is -0.117. The number of nitrogens with zero attached hydrogens (tertiary/aromatic N) is 6. The number of carbonyl (C=O) groups is 2. The van der Waals surface area contributed by atoms with Crippen LogP contribution in [0.15, 0.2) is 49.3 Å². The lowest BCUT2D eigenvalue weighted by Gasteiger charge is -2.43. The Hall–Kier alpha value is -4.28. The van der Waals surface area contributed by atoms with Gasteiger partial charge in [0.1, 0.15) is 11.6 Å². The van der Waals surface area contributed by atoms with Gasteiger partial charge in [0.25, 0.3) is 0 Å². The smallest absolute Gasteiger partial charge is 0.330 e. The average Bonchev–Trinajstić information content (AvgIpc) is 3.20. The Morgan fingerprint density at radius 3 is 2.73 bits per heavy atom. The van der Waals surface area contributed by atoms with Gasteiger partial charge in [-0.3, -0.25) is 19.3 Å². The van der Waals surface area contributed by atoms with E-state index in [0.717, 1.165) is 36.2 Å². The number of halogens is 1. The molecule has 1 saturated carbocycles. The van der Waals surface area contributed by atoms with Crippen LogP contribution in [-0.4, -0.2) is 43.8 Å². The summed E-state index contributed by atoms with van der Waals surface area (Å²) in [6.45, 7) is 5.68. The first kappa shape index (κ1) is 24.4. The first-order chi connectivity index (χ1) is 17.8. The Labute approximate surface area is 214 Å². The first-order valence-corrected chi connectivity index (χ1v) is 12.2. The van der Waals surface area contributed by atoms with Crippen molar-refractivity contribution in [2.45, 2.75) is 51.2 Å². The van der Waals surface area contributed by atoms with Crippen molar-refractivity contribution >= 4 is 35.1 Å². The van der Waals surface area contributed by atoms with Gasteiger partial charge in [0, 0.05) is 42.8 Å². The molecule has 2 unspecified atom stereocenters. The van der Waals surface area contributed by atoms with Crippen LogP contribution in [0.3, 0.4) is 0 Å². The van der Waals surface area contributed by atoms with E-state index in [1.165, 1.54) is 18.2 Å². The minimum atomic E-state index is -0.372. The molecule has 3 amide bonds. The third-order valence-corrected chi connectivity index (χ3v) is 6.78. The number of anilines is 4. The molecule has 0 bridgehead atoms. The molecule has 1 aliphatic heterocycles. The van der Waals surface area contributed by atoms with Gasteiger partial charge in [-0.1, -0.05) is 6.58 Å². The molecule has 1 fully saturated rings. The second kappa shape index (κ2) is 10.00. The number of urea groups is 1. The van der Waals surface area contributed by atoms with E-state index >= 15 is 0 Å². The number of aromatic nitrogens is 4. The van der Waals surface area contributed by atoms with Gasteiger partial charge in [-0.05, 0) is 62.9 Å². The monoisotopic (exact) mass is 504 g/mol. The largest absolute Gasteiger partial charge is 0.350 e. The molecule has 11 heteroatoms. The fourth-order valence-corrected chi connectivity index (χ4v) is 5.02. The molecule has 10 nitrogen and oxygen atoms in total. The van der Waals surface area contributed by atoms with Crippen molar-refractivity contribution in [3.63, 3.8) is 0 Å². The number of benzene rings is 1. The molecule has 2 aromatic heterocycles. The molecule has 1 aliphatic carbocycles. The van der Waals surface area contributed by atoms with E-state index in [9.17, 15) is 14.0 Å². The van der Waals surface area contributed by atoms with Crippen molar-refractivity contribution in [3.05, 3.63) is 66.4 Å². The molecule has 2 N–H and O–H groups in total. The van der Waals surface area contributed by atoms with Gasteiger partial charge in [-0.15, -0.1) is 0 Å². The zero-order valence-electron chi connectivity index (χ0n) is 20.8. The van der Waals surface area contributed by atoms with Crippen LogP contribution in [0, 0.1) is 12.7 Å². The number of rotatable bonds is 6. The zero-order chi connectivity index (χ0) is 26.1. The lowest BCUT2D eigenvalue weighted by atomic mass is 9.89. The minimum Gasteiger partial charge on any atom is -0.350 e. The molecule has 2 atom stereocenters. The molecule has 3 aromatic rings. The fourth-order valence-electron chi connectivity index (χ4n) is 5.02. The summed E-state index contributed by atoms with van der Waals surface area (Å²) in [6.07, 6.45) is 7.81. The molecule has 0 radical (unpaired) electrons. The molecule has 5 rings (SSSR count). The number of fused-ring (bicyclic) bond motifs is 1. The lowest BCUT2D eigenvalue weighted by Crippen LogP contribution is -2.55. The minimum absolute atomic E-state index is 0.0841. The molecule has 0 spiro atoms. The van der Waals surface area contributed by atoms with E-state index in [1.807, 2.05) is 20.2 Å². The molecule has 2 aliphatic rings. The SMILES string of the molecule is C=CC(=O)NC1CCCC(N2C(=O)N(c3ccc(F)cc3)Cc3cnc(Nc4cn(C)nc4C)nc32)C1. The third-order valence-electron chi connectivity index (χ3n) is 6.78. The summed E-state index contributed by atoms with van der Waals surface area (Å²) in [5, 5.41) is 10.5. The van der Waals surface area contributed by atoms with E-state index < -0.39 is 0 Å². The van der Waals surface area contributed by atoms with Crippen LogP contribution in [-0.2, 0) is 18.4 Å². The Morgan fingerprint density at radius 2 is 2.03 bits per heavy atom. The second-order valence-electron chi connectivity index (χ2n) is 9.41. The fraction of sp³-hybridized carbons (Fsp3) is 0.346. The highest BCUT2D eigenvalue weighted by molar-refractivity contribution is 6.06. The Balaban J connectivity index is 1.51. The second-order valence-corrected chi connectivity index (χ2v) is 9.41. The number of hydrogen-bond donors (Lipinski definition) is 2. The number of nitrogens with one attached hydrogen (secondary N) is 2. The van der Waals surface area contributed by atoms with E-state index in [-0.39, 0.29) is 36.4 Å². The summed E-state index contributed by atoms with van der Waals surface area (Å²) in [5.41, 5.74) is 2.93. The van der Waals surface area contributed by atoms with Gasteiger partial charge in [-0.2, -0.15) is 10.1 Å². The maximum atomic E-state index is 13.9. The van der Waals surface area contributed by atoms with Crippen LogP contribution in [0.5, 0.6) is 0 Å². The highest BCUT2D eigenvalue weighted by Crippen LogP contribution is 2.36. The van der Waals surface area contributed by atoms with Crippen LogP contribution in [0.1, 0.15) is 36.9 Å².